The van der Waals surface area contributed by atoms with Gasteiger partial charge >= 0.3 is 0 Å². The van der Waals surface area contributed by atoms with Gasteiger partial charge in [0.1, 0.15) is 12.1 Å². The fourth-order valence-corrected chi connectivity index (χ4v) is 1.48. The number of carbonyl (C=O) groups is 2. The third-order valence-corrected chi connectivity index (χ3v) is 3.13. The summed E-state index contributed by atoms with van der Waals surface area (Å²) < 4.78 is 0. The molecule has 3 N–H and O–H groups in total. The second kappa shape index (κ2) is 8.14. The summed E-state index contributed by atoms with van der Waals surface area (Å²) >= 11 is 0. The predicted octanol–water partition coefficient (Wildman–Crippen LogP) is 1.20. The first-order valence-electron chi connectivity index (χ1n) is 6.02. The number of hydrogen-bond donors (Lipinski definition) is 2. The average molecular weight is 240 g/mol. The second-order valence-electron chi connectivity index (χ2n) is 4.54. The standard InChI is InChI=1S/C13H24N2O2/c1-11(17)13(2,15-3)9-7-5-4-6-8-12(14)10-16/h4,6,10,12,15H,5,7-9,14H2,1-3H3/t12-,13+/m0/s1. The van der Waals surface area contributed by atoms with Crippen LogP contribution in [0.5, 0.6) is 0 Å². The second-order valence-corrected chi connectivity index (χ2v) is 4.54. The average Bonchev–Trinajstić information content (AvgIpc) is 2.32. The lowest BCUT2D eigenvalue weighted by atomic mass is 9.91. The summed E-state index contributed by atoms with van der Waals surface area (Å²) in [5.74, 6) is 0.159. The summed E-state index contributed by atoms with van der Waals surface area (Å²) in [5.41, 5.74) is 5.02. The van der Waals surface area contributed by atoms with Crippen molar-refractivity contribution < 1.29 is 9.59 Å². The SMILES string of the molecule is CN[C@](C)(CCCC=CC[C@H](N)C=O)C(C)=O. The van der Waals surface area contributed by atoms with Crippen molar-refractivity contribution in [3.05, 3.63) is 12.2 Å². The maximum Gasteiger partial charge on any atom is 0.149 e. The highest BCUT2D eigenvalue weighted by molar-refractivity contribution is 5.85. The first-order chi connectivity index (χ1) is 7.96. The number of rotatable bonds is 9. The Bertz CT molecular complexity index is 277. The molecule has 4 heteroatoms. The highest BCUT2D eigenvalue weighted by atomic mass is 16.1. The predicted molar refractivity (Wildman–Crippen MR) is 69.8 cm³/mol. The normalized spacial score (nSPS) is 16.7. The van der Waals surface area contributed by atoms with Crippen molar-refractivity contribution in [3.8, 4) is 0 Å². The van der Waals surface area contributed by atoms with Gasteiger partial charge in [0.25, 0.3) is 0 Å². The molecule has 0 bridgehead atoms. The van der Waals surface area contributed by atoms with E-state index in [1.807, 2.05) is 19.1 Å². The molecule has 0 aromatic carbocycles. The van der Waals surface area contributed by atoms with Crippen molar-refractivity contribution >= 4 is 12.1 Å². The Labute approximate surface area is 104 Å². The Morgan fingerprint density at radius 2 is 2.12 bits per heavy atom. The van der Waals surface area contributed by atoms with Crippen LogP contribution in [-0.2, 0) is 9.59 Å². The first kappa shape index (κ1) is 16.0. The van der Waals surface area contributed by atoms with Gasteiger partial charge < -0.3 is 15.8 Å². The van der Waals surface area contributed by atoms with E-state index in [0.717, 1.165) is 25.5 Å². The Morgan fingerprint density at radius 3 is 2.59 bits per heavy atom. The number of Topliss-reactive ketones (excluding diaryl/α,β-unsaturated/α-hetero) is 1. The van der Waals surface area contributed by atoms with Crippen LogP contribution in [0.3, 0.4) is 0 Å². The van der Waals surface area contributed by atoms with E-state index in [-0.39, 0.29) is 5.78 Å². The zero-order valence-electron chi connectivity index (χ0n) is 11.0. The van der Waals surface area contributed by atoms with E-state index < -0.39 is 11.6 Å². The van der Waals surface area contributed by atoms with E-state index in [4.69, 9.17) is 5.73 Å². The molecule has 0 fully saturated rings. The molecular weight excluding hydrogens is 216 g/mol. The summed E-state index contributed by atoms with van der Waals surface area (Å²) in [7, 11) is 1.81. The summed E-state index contributed by atoms with van der Waals surface area (Å²) in [6.45, 7) is 3.52. The minimum absolute atomic E-state index is 0.159. The summed E-state index contributed by atoms with van der Waals surface area (Å²) in [6.07, 6.45) is 7.91. The van der Waals surface area contributed by atoms with Crippen molar-refractivity contribution in [1.82, 2.24) is 5.32 Å². The van der Waals surface area contributed by atoms with Crippen LogP contribution < -0.4 is 11.1 Å². The molecule has 0 radical (unpaired) electrons. The van der Waals surface area contributed by atoms with Gasteiger partial charge in [-0.15, -0.1) is 0 Å². The topological polar surface area (TPSA) is 72.2 Å². The number of allylic oxidation sites excluding steroid dienone is 1. The van der Waals surface area contributed by atoms with Gasteiger partial charge in [-0.2, -0.15) is 0 Å². The molecule has 0 rings (SSSR count). The molecule has 0 aromatic rings. The molecule has 0 aliphatic carbocycles. The van der Waals surface area contributed by atoms with Gasteiger partial charge in [-0.3, -0.25) is 4.79 Å². The molecule has 0 aliphatic heterocycles. The van der Waals surface area contributed by atoms with Gasteiger partial charge in [0, 0.05) is 0 Å². The van der Waals surface area contributed by atoms with Gasteiger partial charge in [0.05, 0.1) is 11.6 Å². The number of ketones is 1. The van der Waals surface area contributed by atoms with Crippen LogP contribution >= 0.6 is 0 Å². The van der Waals surface area contributed by atoms with Crippen molar-refractivity contribution in [3.63, 3.8) is 0 Å². The molecule has 0 unspecified atom stereocenters. The third-order valence-electron chi connectivity index (χ3n) is 3.13. The van der Waals surface area contributed by atoms with Crippen LogP contribution in [0, 0.1) is 0 Å². The molecule has 0 aliphatic rings. The van der Waals surface area contributed by atoms with Gasteiger partial charge in [-0.05, 0) is 46.6 Å². The lowest BCUT2D eigenvalue weighted by Crippen LogP contribution is -2.46. The summed E-state index contributed by atoms with van der Waals surface area (Å²) in [4.78, 5) is 21.7. The van der Waals surface area contributed by atoms with Crippen LogP contribution in [0.15, 0.2) is 12.2 Å². The van der Waals surface area contributed by atoms with Crippen molar-refractivity contribution in [2.75, 3.05) is 7.05 Å². The lowest BCUT2D eigenvalue weighted by Gasteiger charge is -2.25. The largest absolute Gasteiger partial charge is 0.321 e. The summed E-state index contributed by atoms with van der Waals surface area (Å²) in [6, 6.07) is -0.397. The number of likely N-dealkylation sites (N-methyl/N-ethyl adjacent to an activating group) is 1. The number of unbranched alkanes of at least 4 members (excludes halogenated alkanes) is 1. The fourth-order valence-electron chi connectivity index (χ4n) is 1.48. The van der Waals surface area contributed by atoms with Gasteiger partial charge in [0.15, 0.2) is 0 Å². The van der Waals surface area contributed by atoms with Gasteiger partial charge in [-0.25, -0.2) is 0 Å². The Hall–Kier alpha value is -1.00. The van der Waals surface area contributed by atoms with Gasteiger partial charge in [0.2, 0.25) is 0 Å². The maximum absolute atomic E-state index is 11.4. The van der Waals surface area contributed by atoms with Crippen molar-refractivity contribution in [2.24, 2.45) is 5.73 Å². The minimum Gasteiger partial charge on any atom is -0.321 e. The molecule has 0 spiro atoms. The summed E-state index contributed by atoms with van der Waals surface area (Å²) in [5, 5.41) is 3.06. The highest BCUT2D eigenvalue weighted by Crippen LogP contribution is 2.14. The zero-order valence-corrected chi connectivity index (χ0v) is 11.0. The van der Waals surface area contributed by atoms with Crippen LogP contribution in [0.1, 0.15) is 39.5 Å². The molecule has 17 heavy (non-hydrogen) atoms. The first-order valence-corrected chi connectivity index (χ1v) is 6.02. The molecule has 98 valence electrons. The molecule has 0 aromatic heterocycles. The van der Waals surface area contributed by atoms with Crippen LogP contribution in [0.25, 0.3) is 0 Å². The van der Waals surface area contributed by atoms with Crippen molar-refractivity contribution in [2.45, 2.75) is 51.1 Å². The third kappa shape index (κ3) is 6.34. The molecule has 4 nitrogen and oxygen atoms in total. The number of nitrogens with two attached hydrogens (primary N) is 1. The molecule has 0 amide bonds. The van der Waals surface area contributed by atoms with E-state index in [9.17, 15) is 9.59 Å². The molecular formula is C13H24N2O2. The van der Waals surface area contributed by atoms with E-state index in [1.165, 1.54) is 0 Å². The van der Waals surface area contributed by atoms with Gasteiger partial charge in [-0.1, -0.05) is 12.2 Å². The van der Waals surface area contributed by atoms with E-state index in [0.29, 0.717) is 6.42 Å². The molecule has 0 heterocycles. The Kier molecular flexibility index (Phi) is 7.66. The monoisotopic (exact) mass is 240 g/mol. The minimum atomic E-state index is -0.424. The van der Waals surface area contributed by atoms with E-state index in [1.54, 1.807) is 14.0 Å². The number of hydrogen-bond acceptors (Lipinski definition) is 4. The smallest absolute Gasteiger partial charge is 0.149 e. The zero-order chi connectivity index (χ0) is 13.3. The number of aldehydes is 1. The van der Waals surface area contributed by atoms with Crippen LogP contribution in [0.2, 0.25) is 0 Å². The quantitative estimate of drug-likeness (QED) is 0.361. The Balaban J connectivity index is 3.84. The van der Waals surface area contributed by atoms with Crippen molar-refractivity contribution in [1.29, 1.82) is 0 Å². The Morgan fingerprint density at radius 1 is 1.47 bits per heavy atom. The molecule has 0 saturated heterocycles. The highest BCUT2D eigenvalue weighted by Gasteiger charge is 2.26. The van der Waals surface area contributed by atoms with Crippen LogP contribution in [0.4, 0.5) is 0 Å². The lowest BCUT2D eigenvalue weighted by molar-refractivity contribution is -0.122. The van der Waals surface area contributed by atoms with E-state index in [2.05, 4.69) is 5.32 Å². The molecule has 2 atom stereocenters. The fraction of sp³-hybridized carbons (Fsp3) is 0.692. The molecule has 0 saturated carbocycles. The number of nitrogens with one attached hydrogen (secondary N) is 1. The van der Waals surface area contributed by atoms with E-state index >= 15 is 0 Å². The maximum atomic E-state index is 11.4. The van der Waals surface area contributed by atoms with Crippen LogP contribution in [-0.4, -0.2) is 30.7 Å². The number of carbonyl (C=O) groups excluding carboxylic acids is 2.